The lowest BCUT2D eigenvalue weighted by molar-refractivity contribution is 0.237. The van der Waals surface area contributed by atoms with Crippen molar-refractivity contribution in [1.82, 2.24) is 29.2 Å². The maximum absolute atomic E-state index is 12.2. The van der Waals surface area contributed by atoms with Crippen molar-refractivity contribution in [2.75, 3.05) is 31.5 Å². The molecule has 1 aliphatic rings. The lowest BCUT2D eigenvalue weighted by Gasteiger charge is -2.26. The topological polar surface area (TPSA) is 97.9 Å². The third-order valence-corrected chi connectivity index (χ3v) is 4.23. The molecule has 3 heterocycles. The van der Waals surface area contributed by atoms with Gasteiger partial charge in [0.05, 0.1) is 0 Å². The van der Waals surface area contributed by atoms with Crippen molar-refractivity contribution >= 4 is 17.1 Å². The number of nitrogens with one attached hydrogen (secondary N) is 1. The number of aryl methyl sites for hydroxylation is 1. The van der Waals surface area contributed by atoms with Gasteiger partial charge in [-0.3, -0.25) is 13.9 Å². The number of rotatable bonds is 4. The van der Waals surface area contributed by atoms with E-state index < -0.39 is 11.2 Å². The molecular formula is C14H21N7O2. The van der Waals surface area contributed by atoms with E-state index >= 15 is 0 Å². The van der Waals surface area contributed by atoms with Crippen LogP contribution in [0.25, 0.3) is 11.2 Å². The van der Waals surface area contributed by atoms with E-state index in [0.29, 0.717) is 12.5 Å². The van der Waals surface area contributed by atoms with Crippen molar-refractivity contribution in [2.24, 2.45) is 14.1 Å². The van der Waals surface area contributed by atoms with E-state index in [1.165, 1.54) is 30.9 Å². The Labute approximate surface area is 133 Å². The van der Waals surface area contributed by atoms with E-state index in [-0.39, 0.29) is 11.2 Å². The number of fused-ring (bicyclic) bond motifs is 1. The standard InChI is InChI=1S/C14H21N7O2/c1-19-11-10(12(22)20(2)14(19)23)16-13(18-17-11)15-6-9-21-7-4-3-5-8-21/h3-9H2,1-2H3,(H,15,16,18). The smallest absolute Gasteiger partial charge is 0.332 e. The number of aromatic nitrogens is 5. The van der Waals surface area contributed by atoms with E-state index in [1.54, 1.807) is 7.05 Å². The van der Waals surface area contributed by atoms with Gasteiger partial charge in [0.15, 0.2) is 11.2 Å². The summed E-state index contributed by atoms with van der Waals surface area (Å²) >= 11 is 0. The fraction of sp³-hybridized carbons (Fsp3) is 0.643. The molecule has 2 aromatic heterocycles. The highest BCUT2D eigenvalue weighted by molar-refractivity contribution is 5.69. The van der Waals surface area contributed by atoms with E-state index in [1.807, 2.05) is 0 Å². The van der Waals surface area contributed by atoms with Gasteiger partial charge in [-0.15, -0.1) is 10.2 Å². The number of nitrogens with zero attached hydrogens (tertiary/aromatic N) is 6. The molecule has 9 heteroatoms. The second kappa shape index (κ2) is 6.45. The van der Waals surface area contributed by atoms with Gasteiger partial charge < -0.3 is 10.2 Å². The van der Waals surface area contributed by atoms with Crippen LogP contribution in [0.15, 0.2) is 9.59 Å². The minimum atomic E-state index is -0.461. The molecule has 0 aliphatic carbocycles. The van der Waals surface area contributed by atoms with Gasteiger partial charge in [-0.25, -0.2) is 9.78 Å². The summed E-state index contributed by atoms with van der Waals surface area (Å²) in [6, 6.07) is 0. The second-order valence-corrected chi connectivity index (χ2v) is 5.84. The van der Waals surface area contributed by atoms with Crippen molar-refractivity contribution < 1.29 is 0 Å². The van der Waals surface area contributed by atoms with Crippen LogP contribution in [-0.4, -0.2) is 55.4 Å². The molecule has 0 saturated carbocycles. The highest BCUT2D eigenvalue weighted by Crippen LogP contribution is 2.08. The first-order valence-corrected chi connectivity index (χ1v) is 7.84. The van der Waals surface area contributed by atoms with Crippen molar-refractivity contribution in [2.45, 2.75) is 19.3 Å². The second-order valence-electron chi connectivity index (χ2n) is 5.84. The third kappa shape index (κ3) is 3.09. The van der Waals surface area contributed by atoms with E-state index in [9.17, 15) is 9.59 Å². The first-order chi connectivity index (χ1) is 11.1. The van der Waals surface area contributed by atoms with Crippen LogP contribution >= 0.6 is 0 Å². The minimum Gasteiger partial charge on any atom is -0.352 e. The fourth-order valence-electron chi connectivity index (χ4n) is 2.83. The maximum Gasteiger partial charge on any atom is 0.332 e. The summed E-state index contributed by atoms with van der Waals surface area (Å²) in [5.41, 5.74) is -0.564. The summed E-state index contributed by atoms with van der Waals surface area (Å²) < 4.78 is 2.29. The summed E-state index contributed by atoms with van der Waals surface area (Å²) in [5, 5.41) is 11.0. The van der Waals surface area contributed by atoms with Gasteiger partial charge in [0, 0.05) is 27.2 Å². The zero-order chi connectivity index (χ0) is 16.4. The van der Waals surface area contributed by atoms with Gasteiger partial charge >= 0.3 is 5.69 Å². The van der Waals surface area contributed by atoms with Gasteiger partial charge in [0.25, 0.3) is 5.56 Å². The van der Waals surface area contributed by atoms with Crippen LogP contribution in [0.3, 0.4) is 0 Å². The van der Waals surface area contributed by atoms with Gasteiger partial charge in [-0.05, 0) is 25.9 Å². The zero-order valence-corrected chi connectivity index (χ0v) is 13.4. The molecule has 2 aromatic rings. The molecule has 0 bridgehead atoms. The lowest BCUT2D eigenvalue weighted by Crippen LogP contribution is -2.38. The Hall–Kier alpha value is -2.29. The van der Waals surface area contributed by atoms with E-state index in [2.05, 4.69) is 25.4 Å². The summed E-state index contributed by atoms with van der Waals surface area (Å²) in [6.07, 6.45) is 3.81. The van der Waals surface area contributed by atoms with Crippen LogP contribution in [0.4, 0.5) is 5.95 Å². The van der Waals surface area contributed by atoms with Crippen molar-refractivity contribution in [3.63, 3.8) is 0 Å². The summed E-state index contributed by atoms with van der Waals surface area (Å²) in [4.78, 5) is 30.6. The van der Waals surface area contributed by atoms with E-state index in [4.69, 9.17) is 0 Å². The molecule has 3 rings (SSSR count). The number of hydrogen-bond acceptors (Lipinski definition) is 7. The number of anilines is 1. The minimum absolute atomic E-state index is 0.144. The SMILES string of the molecule is Cn1c(=O)c2nc(NCCN3CCCCC3)nnc2n(C)c1=O. The Kier molecular flexibility index (Phi) is 4.37. The lowest BCUT2D eigenvalue weighted by atomic mass is 10.1. The van der Waals surface area contributed by atoms with Gasteiger partial charge in [-0.2, -0.15) is 0 Å². The Balaban J connectivity index is 1.77. The van der Waals surface area contributed by atoms with Gasteiger partial charge in [0.2, 0.25) is 5.95 Å². The molecule has 1 N–H and O–H groups in total. The highest BCUT2D eigenvalue weighted by Gasteiger charge is 2.13. The molecule has 0 spiro atoms. The van der Waals surface area contributed by atoms with Crippen LogP contribution in [0.2, 0.25) is 0 Å². The first kappa shape index (κ1) is 15.6. The molecule has 0 unspecified atom stereocenters. The van der Waals surface area contributed by atoms with Crippen LogP contribution in [0, 0.1) is 0 Å². The molecule has 0 radical (unpaired) electrons. The Morgan fingerprint density at radius 3 is 2.52 bits per heavy atom. The fourth-order valence-corrected chi connectivity index (χ4v) is 2.83. The molecule has 1 aliphatic heterocycles. The van der Waals surface area contributed by atoms with Crippen molar-refractivity contribution in [3.8, 4) is 0 Å². The molecule has 9 nitrogen and oxygen atoms in total. The average molecular weight is 319 g/mol. The molecule has 23 heavy (non-hydrogen) atoms. The van der Waals surface area contributed by atoms with Crippen LogP contribution in [0.1, 0.15) is 19.3 Å². The van der Waals surface area contributed by atoms with Crippen LogP contribution in [-0.2, 0) is 14.1 Å². The molecular weight excluding hydrogens is 298 g/mol. The quantitative estimate of drug-likeness (QED) is 0.797. The summed E-state index contributed by atoms with van der Waals surface area (Å²) in [5.74, 6) is 0.310. The summed E-state index contributed by atoms with van der Waals surface area (Å²) in [6.45, 7) is 3.86. The Bertz CT molecular complexity index is 820. The monoisotopic (exact) mass is 319 g/mol. The Morgan fingerprint density at radius 2 is 1.78 bits per heavy atom. The van der Waals surface area contributed by atoms with Crippen LogP contribution in [0.5, 0.6) is 0 Å². The average Bonchev–Trinajstić information content (AvgIpc) is 2.59. The molecule has 0 amide bonds. The van der Waals surface area contributed by atoms with Gasteiger partial charge in [-0.1, -0.05) is 6.42 Å². The number of hydrogen-bond donors (Lipinski definition) is 1. The maximum atomic E-state index is 12.2. The molecule has 0 atom stereocenters. The molecule has 1 fully saturated rings. The predicted molar refractivity (Wildman–Crippen MR) is 86.6 cm³/mol. The molecule has 0 aromatic carbocycles. The third-order valence-electron chi connectivity index (χ3n) is 4.23. The van der Waals surface area contributed by atoms with Crippen molar-refractivity contribution in [3.05, 3.63) is 20.8 Å². The largest absolute Gasteiger partial charge is 0.352 e. The predicted octanol–water partition coefficient (Wildman–Crippen LogP) is -0.680. The normalized spacial score (nSPS) is 15.9. The molecule has 1 saturated heterocycles. The number of likely N-dealkylation sites (tertiary alicyclic amines) is 1. The molecule has 124 valence electrons. The van der Waals surface area contributed by atoms with Crippen molar-refractivity contribution in [1.29, 1.82) is 0 Å². The van der Waals surface area contributed by atoms with Gasteiger partial charge in [0.1, 0.15) is 0 Å². The highest BCUT2D eigenvalue weighted by atomic mass is 16.2. The van der Waals surface area contributed by atoms with E-state index in [0.717, 1.165) is 24.2 Å². The zero-order valence-electron chi connectivity index (χ0n) is 13.4. The Morgan fingerprint density at radius 1 is 1.04 bits per heavy atom. The number of piperidine rings is 1. The summed E-state index contributed by atoms with van der Waals surface area (Å²) in [7, 11) is 2.97. The van der Waals surface area contributed by atoms with Crippen LogP contribution < -0.4 is 16.6 Å². The first-order valence-electron chi connectivity index (χ1n) is 7.84.